The van der Waals surface area contributed by atoms with Gasteiger partial charge in [0.05, 0.1) is 10.8 Å². The van der Waals surface area contributed by atoms with Gasteiger partial charge in [-0.25, -0.2) is 12.8 Å². The Hall–Kier alpha value is -0.990. The topological polar surface area (TPSA) is 74.7 Å². The molecule has 1 aliphatic rings. The van der Waals surface area contributed by atoms with Crippen molar-refractivity contribution in [3.63, 3.8) is 0 Å². The monoisotopic (exact) mass is 365 g/mol. The molecule has 8 heteroatoms. The van der Waals surface area contributed by atoms with Crippen LogP contribution in [0.1, 0.15) is 6.92 Å². The van der Waals surface area contributed by atoms with Crippen LogP contribution < -0.4 is 0 Å². The van der Waals surface area contributed by atoms with Crippen molar-refractivity contribution in [3.8, 4) is 0 Å². The average Bonchev–Trinajstić information content (AvgIpc) is 2.71. The number of sulfonamides is 1. The molecule has 2 rings (SSSR count). The first-order valence-electron chi connectivity index (χ1n) is 5.91. The van der Waals surface area contributed by atoms with Crippen molar-refractivity contribution < 1.29 is 22.7 Å². The van der Waals surface area contributed by atoms with Crippen molar-refractivity contribution in [2.75, 3.05) is 13.1 Å². The van der Waals surface area contributed by atoms with E-state index in [1.54, 1.807) is 6.92 Å². The van der Waals surface area contributed by atoms with Crippen LogP contribution in [0.25, 0.3) is 0 Å². The Morgan fingerprint density at radius 2 is 2.10 bits per heavy atom. The molecule has 1 heterocycles. The molecule has 5 nitrogen and oxygen atoms in total. The normalized spacial score (nSPS) is 23.9. The standard InChI is InChI=1S/C12H13BrFNO4S/c1-7-5-15(6-9(7)12(16)17)20(18,19)11-3-2-8(14)4-10(11)13/h2-4,7,9H,5-6H2,1H3,(H,16,17). The van der Waals surface area contributed by atoms with Crippen LogP contribution >= 0.6 is 15.9 Å². The molecule has 0 bridgehead atoms. The molecule has 0 amide bonds. The Balaban J connectivity index is 2.35. The summed E-state index contributed by atoms with van der Waals surface area (Å²) < 4.78 is 39.2. The van der Waals surface area contributed by atoms with Gasteiger partial charge in [0.25, 0.3) is 0 Å². The lowest BCUT2D eigenvalue weighted by molar-refractivity contribution is -0.142. The second-order valence-corrected chi connectivity index (χ2v) is 7.58. The quantitative estimate of drug-likeness (QED) is 0.887. The highest BCUT2D eigenvalue weighted by atomic mass is 79.9. The minimum atomic E-state index is -3.83. The molecule has 0 radical (unpaired) electrons. The van der Waals surface area contributed by atoms with Crippen molar-refractivity contribution in [2.24, 2.45) is 11.8 Å². The molecular formula is C12H13BrFNO4S. The van der Waals surface area contributed by atoms with Crippen LogP contribution in [0.15, 0.2) is 27.6 Å². The number of hydrogen-bond acceptors (Lipinski definition) is 3. The van der Waals surface area contributed by atoms with Gasteiger partial charge in [-0.1, -0.05) is 6.92 Å². The second kappa shape index (κ2) is 5.42. The fourth-order valence-electron chi connectivity index (χ4n) is 2.26. The van der Waals surface area contributed by atoms with E-state index in [0.717, 1.165) is 16.4 Å². The third-order valence-corrected chi connectivity index (χ3v) is 6.22. The number of rotatable bonds is 3. The maximum atomic E-state index is 13.0. The first-order valence-corrected chi connectivity index (χ1v) is 8.15. The Morgan fingerprint density at radius 3 is 2.60 bits per heavy atom. The largest absolute Gasteiger partial charge is 0.481 e. The fraction of sp³-hybridized carbons (Fsp3) is 0.417. The van der Waals surface area contributed by atoms with Crippen LogP contribution in [0.2, 0.25) is 0 Å². The molecule has 2 atom stereocenters. The van der Waals surface area contributed by atoms with E-state index in [9.17, 15) is 17.6 Å². The van der Waals surface area contributed by atoms with Crippen LogP contribution in [0.5, 0.6) is 0 Å². The number of halogens is 2. The van der Waals surface area contributed by atoms with Gasteiger partial charge < -0.3 is 5.11 Å². The molecule has 1 aliphatic heterocycles. The minimum absolute atomic E-state index is 0.0582. The van der Waals surface area contributed by atoms with Gasteiger partial charge in [0, 0.05) is 17.6 Å². The molecule has 20 heavy (non-hydrogen) atoms. The lowest BCUT2D eigenvalue weighted by Crippen LogP contribution is -2.30. The predicted octanol–water partition coefficient (Wildman–Crippen LogP) is 1.93. The van der Waals surface area contributed by atoms with E-state index < -0.39 is 27.7 Å². The van der Waals surface area contributed by atoms with Gasteiger partial charge in [0.15, 0.2) is 0 Å². The lowest BCUT2D eigenvalue weighted by Gasteiger charge is -2.17. The molecule has 1 fully saturated rings. The van der Waals surface area contributed by atoms with Gasteiger partial charge in [0.1, 0.15) is 5.82 Å². The molecule has 1 aromatic rings. The summed E-state index contributed by atoms with van der Waals surface area (Å²) >= 11 is 3.03. The van der Waals surface area contributed by atoms with Gasteiger partial charge in [-0.15, -0.1) is 0 Å². The van der Waals surface area contributed by atoms with Crippen molar-refractivity contribution in [1.82, 2.24) is 4.31 Å². The number of benzene rings is 1. The Labute approximate surface area is 124 Å². The van der Waals surface area contributed by atoms with E-state index in [1.807, 2.05) is 0 Å². The van der Waals surface area contributed by atoms with E-state index in [-0.39, 0.29) is 28.4 Å². The summed E-state index contributed by atoms with van der Waals surface area (Å²) in [5.74, 6) is -2.53. The van der Waals surface area contributed by atoms with Crippen molar-refractivity contribution in [1.29, 1.82) is 0 Å². The molecule has 110 valence electrons. The molecule has 0 aliphatic carbocycles. The zero-order chi connectivity index (χ0) is 15.1. The molecule has 0 saturated carbocycles. The summed E-state index contributed by atoms with van der Waals surface area (Å²) in [6, 6.07) is 3.31. The first kappa shape index (κ1) is 15.4. The van der Waals surface area contributed by atoms with Crippen LogP contribution in [-0.4, -0.2) is 36.9 Å². The van der Waals surface area contributed by atoms with E-state index in [2.05, 4.69) is 15.9 Å². The van der Waals surface area contributed by atoms with Gasteiger partial charge in [-0.3, -0.25) is 4.79 Å². The fourth-order valence-corrected chi connectivity index (χ4v) is 4.84. The van der Waals surface area contributed by atoms with E-state index >= 15 is 0 Å². The molecular weight excluding hydrogens is 353 g/mol. The summed E-state index contributed by atoms with van der Waals surface area (Å²) in [6.07, 6.45) is 0. The zero-order valence-electron chi connectivity index (χ0n) is 10.6. The minimum Gasteiger partial charge on any atom is -0.481 e. The SMILES string of the molecule is CC1CN(S(=O)(=O)c2ccc(F)cc2Br)CC1C(=O)O. The average molecular weight is 366 g/mol. The van der Waals surface area contributed by atoms with E-state index in [1.165, 1.54) is 6.07 Å². The summed E-state index contributed by atoms with van der Waals surface area (Å²) in [4.78, 5) is 11.0. The summed E-state index contributed by atoms with van der Waals surface area (Å²) in [7, 11) is -3.83. The number of hydrogen-bond donors (Lipinski definition) is 1. The van der Waals surface area contributed by atoms with Crippen LogP contribution in [-0.2, 0) is 14.8 Å². The highest BCUT2D eigenvalue weighted by molar-refractivity contribution is 9.10. The second-order valence-electron chi connectivity index (χ2n) is 4.82. The van der Waals surface area contributed by atoms with Crippen molar-refractivity contribution in [3.05, 3.63) is 28.5 Å². The van der Waals surface area contributed by atoms with Gasteiger partial charge in [-0.05, 0) is 40.0 Å². The van der Waals surface area contributed by atoms with Crippen molar-refractivity contribution in [2.45, 2.75) is 11.8 Å². The van der Waals surface area contributed by atoms with Crippen molar-refractivity contribution >= 4 is 31.9 Å². The van der Waals surface area contributed by atoms with E-state index in [0.29, 0.717) is 0 Å². The Kier molecular flexibility index (Phi) is 4.17. The third-order valence-electron chi connectivity index (χ3n) is 3.41. The lowest BCUT2D eigenvalue weighted by atomic mass is 9.99. The molecule has 1 N–H and O–H groups in total. The van der Waals surface area contributed by atoms with Crippen LogP contribution in [0, 0.1) is 17.7 Å². The number of carbonyl (C=O) groups is 1. The number of aliphatic carboxylic acids is 1. The first-order chi connectivity index (χ1) is 9.23. The summed E-state index contributed by atoms with van der Waals surface area (Å²) in [6.45, 7) is 1.78. The third kappa shape index (κ3) is 2.72. The van der Waals surface area contributed by atoms with Gasteiger partial charge in [0.2, 0.25) is 10.0 Å². The zero-order valence-corrected chi connectivity index (χ0v) is 13.0. The molecule has 0 spiro atoms. The molecule has 2 unspecified atom stereocenters. The predicted molar refractivity (Wildman–Crippen MR) is 73.1 cm³/mol. The number of carboxylic acids is 1. The van der Waals surface area contributed by atoms with Gasteiger partial charge >= 0.3 is 5.97 Å². The number of nitrogens with zero attached hydrogens (tertiary/aromatic N) is 1. The highest BCUT2D eigenvalue weighted by Crippen LogP contribution is 2.31. The van der Waals surface area contributed by atoms with Gasteiger partial charge in [-0.2, -0.15) is 4.31 Å². The summed E-state index contributed by atoms with van der Waals surface area (Å²) in [5, 5.41) is 9.05. The van der Waals surface area contributed by atoms with Crippen LogP contribution in [0.3, 0.4) is 0 Å². The maximum Gasteiger partial charge on any atom is 0.308 e. The van der Waals surface area contributed by atoms with Crippen LogP contribution in [0.4, 0.5) is 4.39 Å². The Morgan fingerprint density at radius 1 is 1.45 bits per heavy atom. The highest BCUT2D eigenvalue weighted by Gasteiger charge is 2.41. The summed E-state index contributed by atoms with van der Waals surface area (Å²) in [5.41, 5.74) is 0. The maximum absolute atomic E-state index is 13.0. The number of carboxylic acid groups (broad SMARTS) is 1. The van der Waals surface area contributed by atoms with E-state index in [4.69, 9.17) is 5.11 Å². The molecule has 1 aromatic carbocycles. The smallest absolute Gasteiger partial charge is 0.308 e. The molecule has 1 saturated heterocycles. The molecule has 0 aromatic heterocycles. The Bertz CT molecular complexity index is 649.